The fraction of sp³-hybridized carbons (Fsp3) is 0.227. The third-order valence-corrected chi connectivity index (χ3v) is 4.85. The maximum Gasteiger partial charge on any atom is 0.226 e. The Bertz CT molecular complexity index is 1080. The molecule has 1 amide bonds. The average molecular weight is 361 g/mol. The summed E-state index contributed by atoms with van der Waals surface area (Å²) in [4.78, 5) is 12.4. The number of aryl methyl sites for hydroxylation is 1. The van der Waals surface area contributed by atoms with Crippen LogP contribution in [0.5, 0.6) is 0 Å². The van der Waals surface area contributed by atoms with Crippen LogP contribution in [-0.4, -0.2) is 28.8 Å². The van der Waals surface area contributed by atoms with E-state index >= 15 is 0 Å². The summed E-state index contributed by atoms with van der Waals surface area (Å²) in [5.41, 5.74) is 3.13. The number of nitrogens with one attached hydrogen (secondary N) is 1. The number of rotatable bonds is 7. The van der Waals surface area contributed by atoms with Crippen LogP contribution in [0.15, 0.2) is 67.0 Å². The number of hydrogen-bond donors (Lipinski definition) is 1. The van der Waals surface area contributed by atoms with Crippen molar-refractivity contribution in [2.45, 2.75) is 19.5 Å². The molecule has 0 aliphatic rings. The Hall–Kier alpha value is -3.05. The van der Waals surface area contributed by atoms with Crippen molar-refractivity contribution in [1.29, 1.82) is 0 Å². The topological polar surface area (TPSA) is 48.2 Å². The van der Waals surface area contributed by atoms with Crippen molar-refractivity contribution in [3.8, 4) is 0 Å². The quantitative estimate of drug-likeness (QED) is 0.534. The molecular weight excluding hydrogens is 338 g/mol. The number of ether oxygens (including phenoxy) is 1. The Labute approximate surface area is 158 Å². The number of carbonyl (C=O) groups is 1. The molecule has 2 aromatic carbocycles. The lowest BCUT2D eigenvalue weighted by Crippen LogP contribution is -2.14. The zero-order valence-electron chi connectivity index (χ0n) is 15.4. The number of aromatic nitrogens is 2. The average Bonchev–Trinajstić information content (AvgIpc) is 3.28. The number of methoxy groups -OCH3 is 1. The largest absolute Gasteiger partial charge is 0.383 e. The van der Waals surface area contributed by atoms with Crippen LogP contribution in [0.4, 0.5) is 5.69 Å². The predicted molar refractivity (Wildman–Crippen MR) is 109 cm³/mol. The highest BCUT2D eigenvalue weighted by Crippen LogP contribution is 2.21. The lowest BCUT2D eigenvalue weighted by Gasteiger charge is -2.08. The van der Waals surface area contributed by atoms with Gasteiger partial charge in [0.25, 0.3) is 0 Å². The second-order valence-corrected chi connectivity index (χ2v) is 6.64. The van der Waals surface area contributed by atoms with Crippen molar-refractivity contribution in [3.05, 3.63) is 67.0 Å². The van der Waals surface area contributed by atoms with Gasteiger partial charge in [-0.05, 0) is 41.8 Å². The van der Waals surface area contributed by atoms with Gasteiger partial charge >= 0.3 is 0 Å². The van der Waals surface area contributed by atoms with Crippen molar-refractivity contribution in [1.82, 2.24) is 9.13 Å². The second-order valence-electron chi connectivity index (χ2n) is 6.64. The summed E-state index contributed by atoms with van der Waals surface area (Å²) >= 11 is 0. The Morgan fingerprint density at radius 1 is 0.926 bits per heavy atom. The molecule has 27 heavy (non-hydrogen) atoms. The summed E-state index contributed by atoms with van der Waals surface area (Å²) in [7, 11) is 1.70. The Balaban J connectivity index is 1.40. The number of hydrogen-bond acceptors (Lipinski definition) is 2. The third kappa shape index (κ3) is 3.73. The van der Waals surface area contributed by atoms with Crippen LogP contribution in [-0.2, 0) is 22.6 Å². The molecule has 1 N–H and O–H groups in total. The van der Waals surface area contributed by atoms with Gasteiger partial charge in [0.2, 0.25) is 5.91 Å². The van der Waals surface area contributed by atoms with Crippen molar-refractivity contribution in [3.63, 3.8) is 0 Å². The lowest BCUT2D eigenvalue weighted by atomic mass is 10.2. The molecule has 0 bridgehead atoms. The summed E-state index contributed by atoms with van der Waals surface area (Å²) in [6, 6.07) is 18.4. The second kappa shape index (κ2) is 7.68. The first-order chi connectivity index (χ1) is 13.2. The predicted octanol–water partition coefficient (Wildman–Crippen LogP) is 4.27. The van der Waals surface area contributed by atoms with E-state index in [1.807, 2.05) is 42.7 Å². The van der Waals surface area contributed by atoms with Gasteiger partial charge in [0, 0.05) is 61.1 Å². The molecule has 5 nitrogen and oxygen atoms in total. The monoisotopic (exact) mass is 361 g/mol. The van der Waals surface area contributed by atoms with Crippen molar-refractivity contribution in [2.75, 3.05) is 19.0 Å². The molecule has 0 radical (unpaired) electrons. The molecule has 0 spiro atoms. The standard InChI is InChI=1S/C22H23N3O2/c1-27-15-14-25-12-9-18-16-19(6-7-21(18)25)23-22(26)10-13-24-11-8-17-4-2-3-5-20(17)24/h2-9,11-12,16H,10,13-15H2,1H3,(H,23,26). The van der Waals surface area contributed by atoms with E-state index in [4.69, 9.17) is 4.74 Å². The van der Waals surface area contributed by atoms with E-state index in [2.05, 4.69) is 38.7 Å². The van der Waals surface area contributed by atoms with E-state index in [1.54, 1.807) is 7.11 Å². The minimum atomic E-state index is 0.0194. The lowest BCUT2D eigenvalue weighted by molar-refractivity contribution is -0.116. The van der Waals surface area contributed by atoms with E-state index in [-0.39, 0.29) is 5.91 Å². The molecule has 0 saturated carbocycles. The third-order valence-electron chi connectivity index (χ3n) is 4.85. The molecule has 0 unspecified atom stereocenters. The molecule has 5 heteroatoms. The fourth-order valence-electron chi connectivity index (χ4n) is 3.44. The first kappa shape index (κ1) is 17.4. The highest BCUT2D eigenvalue weighted by atomic mass is 16.5. The van der Waals surface area contributed by atoms with Crippen molar-refractivity contribution < 1.29 is 9.53 Å². The van der Waals surface area contributed by atoms with E-state index in [1.165, 1.54) is 5.39 Å². The SMILES string of the molecule is COCCn1ccc2cc(NC(=O)CCn3ccc4ccccc43)ccc21. The molecule has 0 saturated heterocycles. The van der Waals surface area contributed by atoms with Crippen molar-refractivity contribution in [2.24, 2.45) is 0 Å². The van der Waals surface area contributed by atoms with Gasteiger partial charge in [0.15, 0.2) is 0 Å². The first-order valence-corrected chi connectivity index (χ1v) is 9.16. The minimum Gasteiger partial charge on any atom is -0.383 e. The van der Waals surface area contributed by atoms with Gasteiger partial charge in [0.05, 0.1) is 6.61 Å². The van der Waals surface area contributed by atoms with Gasteiger partial charge in [0.1, 0.15) is 0 Å². The van der Waals surface area contributed by atoms with Gasteiger partial charge in [-0.15, -0.1) is 0 Å². The number of nitrogens with zero attached hydrogens (tertiary/aromatic N) is 2. The zero-order valence-corrected chi connectivity index (χ0v) is 15.4. The Kier molecular flexibility index (Phi) is 4.94. The number of amides is 1. The number of anilines is 1. The summed E-state index contributed by atoms with van der Waals surface area (Å²) in [6.07, 6.45) is 4.52. The summed E-state index contributed by atoms with van der Waals surface area (Å²) in [5, 5.41) is 5.32. The van der Waals surface area contributed by atoms with Crippen LogP contribution in [0.2, 0.25) is 0 Å². The molecule has 138 valence electrons. The molecule has 0 fully saturated rings. The summed E-state index contributed by atoms with van der Waals surface area (Å²) in [6.45, 7) is 2.15. The van der Waals surface area contributed by atoms with Gasteiger partial charge in [-0.25, -0.2) is 0 Å². The molecule has 4 rings (SSSR count). The van der Waals surface area contributed by atoms with Crippen LogP contribution in [0.25, 0.3) is 21.8 Å². The van der Waals surface area contributed by atoms with E-state index in [9.17, 15) is 4.79 Å². The number of para-hydroxylation sites is 1. The van der Waals surface area contributed by atoms with Gasteiger partial charge in [-0.3, -0.25) is 4.79 Å². The maximum absolute atomic E-state index is 12.4. The van der Waals surface area contributed by atoms with Gasteiger partial charge in [-0.2, -0.15) is 0 Å². The number of fused-ring (bicyclic) bond motifs is 2. The fourth-order valence-corrected chi connectivity index (χ4v) is 3.44. The molecule has 0 atom stereocenters. The van der Waals surface area contributed by atoms with Gasteiger partial charge < -0.3 is 19.2 Å². The maximum atomic E-state index is 12.4. The van der Waals surface area contributed by atoms with Crippen LogP contribution in [0, 0.1) is 0 Å². The summed E-state index contributed by atoms with van der Waals surface area (Å²) < 4.78 is 9.42. The van der Waals surface area contributed by atoms with E-state index in [0.29, 0.717) is 19.6 Å². The van der Waals surface area contributed by atoms with Crippen molar-refractivity contribution >= 4 is 33.4 Å². The highest BCUT2D eigenvalue weighted by Gasteiger charge is 2.07. The van der Waals surface area contributed by atoms with Crippen LogP contribution < -0.4 is 5.32 Å². The molecule has 2 aromatic heterocycles. The Morgan fingerprint density at radius 2 is 1.67 bits per heavy atom. The van der Waals surface area contributed by atoms with Crippen LogP contribution in [0.1, 0.15) is 6.42 Å². The molecule has 4 aromatic rings. The normalized spacial score (nSPS) is 11.3. The van der Waals surface area contributed by atoms with Crippen LogP contribution in [0.3, 0.4) is 0 Å². The van der Waals surface area contributed by atoms with E-state index in [0.717, 1.165) is 28.7 Å². The molecular formula is C22H23N3O2. The highest BCUT2D eigenvalue weighted by molar-refractivity contribution is 5.94. The number of benzene rings is 2. The molecule has 0 aliphatic heterocycles. The molecule has 0 aliphatic carbocycles. The van der Waals surface area contributed by atoms with Crippen LogP contribution >= 0.6 is 0 Å². The summed E-state index contributed by atoms with van der Waals surface area (Å²) in [5.74, 6) is 0.0194. The smallest absolute Gasteiger partial charge is 0.226 e. The minimum absolute atomic E-state index is 0.0194. The number of carbonyl (C=O) groups excluding carboxylic acids is 1. The first-order valence-electron chi connectivity index (χ1n) is 9.16. The molecule has 2 heterocycles. The zero-order chi connectivity index (χ0) is 18.6. The van der Waals surface area contributed by atoms with Gasteiger partial charge in [-0.1, -0.05) is 18.2 Å². The Morgan fingerprint density at radius 3 is 2.52 bits per heavy atom. The van der Waals surface area contributed by atoms with E-state index < -0.39 is 0 Å².